The van der Waals surface area contributed by atoms with E-state index in [-0.39, 0.29) is 0 Å². The normalized spacial score (nSPS) is 11.2. The van der Waals surface area contributed by atoms with Crippen LogP contribution in [0.2, 0.25) is 0 Å². The highest BCUT2D eigenvalue weighted by Crippen LogP contribution is 2.11. The highest BCUT2D eigenvalue weighted by Gasteiger charge is 2.03. The molecular weight excluding hydrogens is 176 g/mol. The molecule has 1 aromatic heterocycles. The Morgan fingerprint density at radius 1 is 1.58 bits per heavy atom. The third kappa shape index (κ3) is 2.50. The van der Waals surface area contributed by atoms with E-state index >= 15 is 0 Å². The van der Waals surface area contributed by atoms with Crippen LogP contribution in [-0.4, -0.2) is 19.7 Å². The van der Waals surface area contributed by atoms with Crippen LogP contribution in [0.25, 0.3) is 0 Å². The second-order valence-corrected chi connectivity index (χ2v) is 4.24. The fourth-order valence-corrected chi connectivity index (χ4v) is 1.29. The first-order chi connectivity index (χ1) is 5.49. The lowest BCUT2D eigenvalue weighted by Crippen LogP contribution is -2.10. The average Bonchev–Trinajstić information content (AvgIpc) is 1.91. The van der Waals surface area contributed by atoms with Crippen LogP contribution >= 0.6 is 0 Å². The molecule has 0 saturated carbocycles. The van der Waals surface area contributed by atoms with Gasteiger partial charge in [-0.25, -0.2) is 8.42 Å². The summed E-state index contributed by atoms with van der Waals surface area (Å²) in [7, 11) is -3.22. The zero-order valence-electron chi connectivity index (χ0n) is 6.83. The minimum atomic E-state index is -3.22. The maximum atomic E-state index is 10.8. The third-order valence-electron chi connectivity index (χ3n) is 1.26. The predicted molar refractivity (Wildman–Crippen MR) is 46.3 cm³/mol. The van der Waals surface area contributed by atoms with Gasteiger partial charge in [-0.15, -0.1) is 0 Å². The van der Waals surface area contributed by atoms with E-state index in [1.165, 1.54) is 0 Å². The monoisotopic (exact) mass is 185 g/mol. The number of aryl methyl sites for hydroxylation is 1. The van der Waals surface area contributed by atoms with E-state index in [0.717, 1.165) is 11.8 Å². The summed E-state index contributed by atoms with van der Waals surface area (Å²) in [5, 5.41) is 0. The zero-order chi connectivity index (χ0) is 9.19. The van der Waals surface area contributed by atoms with Crippen LogP contribution in [0, 0.1) is 13.1 Å². The molecule has 0 fully saturated rings. The predicted octanol–water partition coefficient (Wildman–Crippen LogP) is 0.562. The lowest BCUT2D eigenvalue weighted by Gasteiger charge is -2.04. The first kappa shape index (κ1) is 8.99. The summed E-state index contributed by atoms with van der Waals surface area (Å²) in [5.74, 6) is 0. The Hall–Kier alpha value is -1.10. The second-order valence-electron chi connectivity index (χ2n) is 2.49. The number of rotatable bonds is 2. The van der Waals surface area contributed by atoms with Crippen LogP contribution < -0.4 is 4.72 Å². The van der Waals surface area contributed by atoms with Gasteiger partial charge in [-0.1, -0.05) is 0 Å². The minimum absolute atomic E-state index is 0.403. The zero-order valence-corrected chi connectivity index (χ0v) is 7.64. The van der Waals surface area contributed by atoms with Crippen molar-refractivity contribution in [1.29, 1.82) is 0 Å². The van der Waals surface area contributed by atoms with Crippen LogP contribution in [-0.2, 0) is 10.0 Å². The second kappa shape index (κ2) is 3.10. The number of nitrogens with zero attached hydrogens (tertiary/aromatic N) is 1. The SMILES string of the molecule is Cc1ccn[c]c1NS(C)(=O)=O. The number of sulfonamides is 1. The van der Waals surface area contributed by atoms with Crippen molar-refractivity contribution in [3.05, 3.63) is 24.0 Å². The molecule has 0 bridgehead atoms. The number of hydrogen-bond donors (Lipinski definition) is 1. The van der Waals surface area contributed by atoms with Crippen molar-refractivity contribution < 1.29 is 8.42 Å². The molecule has 65 valence electrons. The molecule has 5 heteroatoms. The van der Waals surface area contributed by atoms with Gasteiger partial charge in [-0.05, 0) is 18.6 Å². The molecular formula is C7H9N2O2S. The van der Waals surface area contributed by atoms with E-state index in [1.54, 1.807) is 19.2 Å². The molecule has 0 aliphatic rings. The molecule has 0 aromatic carbocycles. The highest BCUT2D eigenvalue weighted by molar-refractivity contribution is 7.92. The summed E-state index contributed by atoms with van der Waals surface area (Å²) >= 11 is 0. The maximum absolute atomic E-state index is 10.8. The number of nitrogens with one attached hydrogen (secondary N) is 1. The van der Waals surface area contributed by atoms with Gasteiger partial charge in [-0.3, -0.25) is 9.71 Å². The Labute approximate surface area is 71.7 Å². The molecule has 12 heavy (non-hydrogen) atoms. The average molecular weight is 185 g/mol. The Morgan fingerprint density at radius 2 is 2.25 bits per heavy atom. The van der Waals surface area contributed by atoms with Gasteiger partial charge >= 0.3 is 0 Å². The molecule has 0 spiro atoms. The van der Waals surface area contributed by atoms with Gasteiger partial charge in [0, 0.05) is 6.20 Å². The van der Waals surface area contributed by atoms with Crippen LogP contribution in [0.15, 0.2) is 12.3 Å². The first-order valence-corrected chi connectivity index (χ1v) is 5.19. The van der Waals surface area contributed by atoms with Crippen molar-refractivity contribution in [3.63, 3.8) is 0 Å². The summed E-state index contributed by atoms with van der Waals surface area (Å²) in [5.41, 5.74) is 1.20. The molecule has 1 aromatic rings. The third-order valence-corrected chi connectivity index (χ3v) is 1.83. The van der Waals surface area contributed by atoms with Crippen molar-refractivity contribution in [3.8, 4) is 0 Å². The number of anilines is 1. The van der Waals surface area contributed by atoms with E-state index in [0.29, 0.717) is 5.69 Å². The van der Waals surface area contributed by atoms with Gasteiger partial charge in [0.25, 0.3) is 0 Å². The van der Waals surface area contributed by atoms with Crippen LogP contribution in [0.3, 0.4) is 0 Å². The maximum Gasteiger partial charge on any atom is 0.229 e. The van der Waals surface area contributed by atoms with Gasteiger partial charge in [0.2, 0.25) is 10.0 Å². The standard InChI is InChI=1S/C7H9N2O2S/c1-6-3-4-8-5-7(6)9-12(2,10)11/h3-4,9H,1-2H3. The first-order valence-electron chi connectivity index (χ1n) is 3.30. The lowest BCUT2D eigenvalue weighted by molar-refractivity contribution is 0.606. The number of aromatic nitrogens is 1. The minimum Gasteiger partial charge on any atom is -0.281 e. The van der Waals surface area contributed by atoms with E-state index in [2.05, 4.69) is 15.9 Å². The summed E-state index contributed by atoms with van der Waals surface area (Å²) in [6, 6.07) is 1.71. The van der Waals surface area contributed by atoms with Crippen LogP contribution in [0.4, 0.5) is 5.69 Å². The molecule has 1 N–H and O–H groups in total. The van der Waals surface area contributed by atoms with Crippen molar-refractivity contribution >= 4 is 15.7 Å². The van der Waals surface area contributed by atoms with Crippen molar-refractivity contribution in [2.45, 2.75) is 6.92 Å². The number of hydrogen-bond acceptors (Lipinski definition) is 3. The molecule has 0 atom stereocenters. The molecule has 0 amide bonds. The largest absolute Gasteiger partial charge is 0.281 e. The molecule has 4 nitrogen and oxygen atoms in total. The van der Waals surface area contributed by atoms with Gasteiger partial charge < -0.3 is 0 Å². The van der Waals surface area contributed by atoms with Crippen molar-refractivity contribution in [1.82, 2.24) is 4.98 Å². The van der Waals surface area contributed by atoms with E-state index in [9.17, 15) is 8.42 Å². The summed E-state index contributed by atoms with van der Waals surface area (Å²) in [6.45, 7) is 1.78. The van der Waals surface area contributed by atoms with Gasteiger partial charge in [0.1, 0.15) is 6.20 Å². The lowest BCUT2D eigenvalue weighted by atomic mass is 10.3. The Balaban J connectivity index is 2.98. The quantitative estimate of drug-likeness (QED) is 0.732. The number of pyridine rings is 1. The molecule has 1 rings (SSSR count). The molecule has 0 saturated heterocycles. The Bertz CT molecular complexity index is 373. The fraction of sp³-hybridized carbons (Fsp3) is 0.286. The van der Waals surface area contributed by atoms with Crippen LogP contribution in [0.1, 0.15) is 5.56 Å². The van der Waals surface area contributed by atoms with Gasteiger partial charge in [-0.2, -0.15) is 0 Å². The Kier molecular flexibility index (Phi) is 2.32. The Morgan fingerprint density at radius 3 is 2.75 bits per heavy atom. The fourth-order valence-electron chi connectivity index (χ4n) is 0.711. The summed E-state index contributed by atoms with van der Waals surface area (Å²) < 4.78 is 23.9. The smallest absolute Gasteiger partial charge is 0.229 e. The molecule has 0 unspecified atom stereocenters. The molecule has 0 aliphatic carbocycles. The summed E-state index contributed by atoms with van der Waals surface area (Å²) in [6.07, 6.45) is 5.20. The van der Waals surface area contributed by atoms with E-state index in [4.69, 9.17) is 0 Å². The van der Waals surface area contributed by atoms with Gasteiger partial charge in [0.15, 0.2) is 0 Å². The molecule has 0 aliphatic heterocycles. The van der Waals surface area contributed by atoms with E-state index in [1.807, 2.05) is 0 Å². The topological polar surface area (TPSA) is 59.1 Å². The van der Waals surface area contributed by atoms with Crippen molar-refractivity contribution in [2.75, 3.05) is 11.0 Å². The van der Waals surface area contributed by atoms with Gasteiger partial charge in [0.05, 0.1) is 11.9 Å². The summed E-state index contributed by atoms with van der Waals surface area (Å²) in [4.78, 5) is 3.68. The molecule has 1 heterocycles. The van der Waals surface area contributed by atoms with Crippen molar-refractivity contribution in [2.24, 2.45) is 0 Å². The van der Waals surface area contributed by atoms with E-state index < -0.39 is 10.0 Å². The van der Waals surface area contributed by atoms with Crippen LogP contribution in [0.5, 0.6) is 0 Å². The highest BCUT2D eigenvalue weighted by atomic mass is 32.2. The molecule has 1 radical (unpaired) electrons.